The third kappa shape index (κ3) is 5.45. The number of nitrogens with one attached hydrogen (secondary N) is 1. The molecule has 1 aromatic heterocycles. The molecular formula is C18H19ClF3N3O2. The number of amides is 1. The summed E-state index contributed by atoms with van der Waals surface area (Å²) >= 11 is 5.83. The Morgan fingerprint density at radius 2 is 2.00 bits per heavy atom. The Kier molecular flexibility index (Phi) is 6.04. The Bertz CT molecular complexity index is 777. The zero-order chi connectivity index (χ0) is 19.4. The van der Waals surface area contributed by atoms with E-state index in [-0.39, 0.29) is 31.6 Å². The van der Waals surface area contributed by atoms with Crippen LogP contribution in [0.1, 0.15) is 38.0 Å². The lowest BCUT2D eigenvalue weighted by Gasteiger charge is -2.31. The second-order valence-corrected chi connectivity index (χ2v) is 7.12. The maximum atomic E-state index is 12.8. The molecule has 1 N–H and O–H groups in total. The first-order chi connectivity index (χ1) is 12.8. The minimum atomic E-state index is -4.20. The molecule has 2 aromatic rings. The molecule has 1 saturated carbocycles. The second-order valence-electron chi connectivity index (χ2n) is 6.69. The normalized spacial score (nSPS) is 20.4. The van der Waals surface area contributed by atoms with Gasteiger partial charge in [0.25, 0.3) is 0 Å². The zero-order valence-electron chi connectivity index (χ0n) is 14.4. The summed E-state index contributed by atoms with van der Waals surface area (Å²) < 4.78 is 43.6. The molecule has 9 heteroatoms. The number of hydrogen-bond donors (Lipinski definition) is 1. The lowest BCUT2D eigenvalue weighted by Crippen LogP contribution is -2.41. The van der Waals surface area contributed by atoms with Gasteiger partial charge in [0.15, 0.2) is 0 Å². The van der Waals surface area contributed by atoms with Gasteiger partial charge in [-0.25, -0.2) is 0 Å². The summed E-state index contributed by atoms with van der Waals surface area (Å²) in [5, 5.41) is 7.15. The number of benzene rings is 1. The van der Waals surface area contributed by atoms with Crippen molar-refractivity contribution in [2.75, 3.05) is 0 Å². The topological polar surface area (TPSA) is 68.0 Å². The fraction of sp³-hybridized carbons (Fsp3) is 0.500. The maximum Gasteiger partial charge on any atom is 0.391 e. The van der Waals surface area contributed by atoms with Crippen molar-refractivity contribution in [2.45, 2.75) is 50.7 Å². The molecule has 0 saturated heterocycles. The number of nitrogens with zero attached hydrogens (tertiary/aromatic N) is 2. The molecule has 1 fully saturated rings. The summed E-state index contributed by atoms with van der Waals surface area (Å²) in [4.78, 5) is 16.3. The first kappa shape index (κ1) is 19.7. The van der Waals surface area contributed by atoms with Crippen LogP contribution >= 0.6 is 11.6 Å². The van der Waals surface area contributed by atoms with E-state index in [4.69, 9.17) is 16.1 Å². The van der Waals surface area contributed by atoms with Crippen LogP contribution in [0.4, 0.5) is 13.2 Å². The fourth-order valence-corrected chi connectivity index (χ4v) is 3.34. The van der Waals surface area contributed by atoms with Gasteiger partial charge in [-0.1, -0.05) is 23.2 Å². The molecule has 0 spiro atoms. The van der Waals surface area contributed by atoms with Crippen molar-refractivity contribution < 1.29 is 22.5 Å². The summed E-state index contributed by atoms with van der Waals surface area (Å²) in [5.41, 5.74) is 0.735. The van der Waals surface area contributed by atoms with Crippen molar-refractivity contribution in [3.8, 4) is 11.4 Å². The van der Waals surface area contributed by atoms with Crippen molar-refractivity contribution in [3.63, 3.8) is 0 Å². The van der Waals surface area contributed by atoms with E-state index < -0.39 is 18.1 Å². The fourth-order valence-electron chi connectivity index (χ4n) is 3.21. The zero-order valence-corrected chi connectivity index (χ0v) is 15.2. The Hall–Kier alpha value is -2.09. The molecule has 1 heterocycles. The van der Waals surface area contributed by atoms with Crippen LogP contribution < -0.4 is 5.32 Å². The van der Waals surface area contributed by atoms with Crippen molar-refractivity contribution in [3.05, 3.63) is 35.2 Å². The molecule has 1 amide bonds. The number of alkyl halides is 3. The van der Waals surface area contributed by atoms with Gasteiger partial charge in [-0.15, -0.1) is 0 Å². The molecule has 146 valence electrons. The Morgan fingerprint density at radius 3 is 2.70 bits per heavy atom. The average molecular weight is 402 g/mol. The molecule has 2 atom stereocenters. The number of aryl methyl sites for hydroxylation is 1. The van der Waals surface area contributed by atoms with Gasteiger partial charge in [-0.05, 0) is 43.5 Å². The van der Waals surface area contributed by atoms with Crippen molar-refractivity contribution in [1.82, 2.24) is 15.5 Å². The minimum absolute atomic E-state index is 0.0590. The van der Waals surface area contributed by atoms with Crippen molar-refractivity contribution in [1.29, 1.82) is 0 Å². The molecule has 1 aliphatic carbocycles. The Labute approximate surface area is 159 Å². The van der Waals surface area contributed by atoms with E-state index in [1.807, 2.05) is 0 Å². The average Bonchev–Trinajstić information content (AvgIpc) is 3.09. The largest absolute Gasteiger partial charge is 0.391 e. The van der Waals surface area contributed by atoms with E-state index in [0.717, 1.165) is 5.56 Å². The van der Waals surface area contributed by atoms with E-state index >= 15 is 0 Å². The molecule has 0 bridgehead atoms. The summed E-state index contributed by atoms with van der Waals surface area (Å²) in [6.45, 7) is 0. The van der Waals surface area contributed by atoms with Gasteiger partial charge in [-0.3, -0.25) is 4.79 Å². The van der Waals surface area contributed by atoms with Crippen LogP contribution in [0.3, 0.4) is 0 Å². The van der Waals surface area contributed by atoms with Gasteiger partial charge in [0.05, 0.1) is 5.92 Å². The monoisotopic (exact) mass is 401 g/mol. The van der Waals surface area contributed by atoms with Crippen LogP contribution in [0.2, 0.25) is 5.02 Å². The third-order valence-corrected chi connectivity index (χ3v) is 4.89. The molecule has 1 aliphatic rings. The predicted octanol–water partition coefficient (Wildman–Crippen LogP) is 4.56. The molecular weight excluding hydrogens is 383 g/mol. The highest BCUT2D eigenvalue weighted by molar-refractivity contribution is 6.30. The standard InChI is InChI=1S/C18H19ClF3N3O2/c19-13-6-4-11(5-7-13)17-24-16(27-25-17)9-8-15(26)23-14-3-1-2-12(10-14)18(20,21)22/h4-7,12,14H,1-3,8-10H2,(H,23,26). The van der Waals surface area contributed by atoms with E-state index in [0.29, 0.717) is 29.6 Å². The molecule has 27 heavy (non-hydrogen) atoms. The van der Waals surface area contributed by atoms with Gasteiger partial charge in [0.2, 0.25) is 17.6 Å². The van der Waals surface area contributed by atoms with Gasteiger partial charge < -0.3 is 9.84 Å². The lowest BCUT2D eigenvalue weighted by atomic mass is 9.85. The molecule has 0 radical (unpaired) electrons. The van der Waals surface area contributed by atoms with Crippen LogP contribution in [-0.2, 0) is 11.2 Å². The maximum absolute atomic E-state index is 12.8. The van der Waals surface area contributed by atoms with Crippen molar-refractivity contribution in [2.24, 2.45) is 5.92 Å². The van der Waals surface area contributed by atoms with Gasteiger partial charge in [0, 0.05) is 29.5 Å². The highest BCUT2D eigenvalue weighted by Crippen LogP contribution is 2.37. The van der Waals surface area contributed by atoms with Crippen LogP contribution in [0.25, 0.3) is 11.4 Å². The van der Waals surface area contributed by atoms with Crippen LogP contribution in [0.5, 0.6) is 0 Å². The number of hydrogen-bond acceptors (Lipinski definition) is 4. The number of rotatable bonds is 5. The quantitative estimate of drug-likeness (QED) is 0.797. The lowest BCUT2D eigenvalue weighted by molar-refractivity contribution is -0.184. The van der Waals surface area contributed by atoms with E-state index in [1.165, 1.54) is 0 Å². The smallest absolute Gasteiger partial charge is 0.353 e. The van der Waals surface area contributed by atoms with Crippen LogP contribution in [0, 0.1) is 5.92 Å². The Morgan fingerprint density at radius 1 is 1.26 bits per heavy atom. The van der Waals surface area contributed by atoms with E-state index in [1.54, 1.807) is 24.3 Å². The third-order valence-electron chi connectivity index (χ3n) is 4.64. The molecule has 5 nitrogen and oxygen atoms in total. The number of halogens is 4. The predicted molar refractivity (Wildman–Crippen MR) is 93.0 cm³/mol. The summed E-state index contributed by atoms with van der Waals surface area (Å²) in [7, 11) is 0. The summed E-state index contributed by atoms with van der Waals surface area (Å²) in [6, 6.07) is 6.48. The summed E-state index contributed by atoms with van der Waals surface area (Å²) in [6.07, 6.45) is -2.80. The van der Waals surface area contributed by atoms with Crippen LogP contribution in [0.15, 0.2) is 28.8 Å². The minimum Gasteiger partial charge on any atom is -0.353 e. The SMILES string of the molecule is O=C(CCc1nc(-c2ccc(Cl)cc2)no1)NC1CCCC(C(F)(F)F)C1. The van der Waals surface area contributed by atoms with Crippen molar-refractivity contribution >= 4 is 17.5 Å². The number of aromatic nitrogens is 2. The van der Waals surface area contributed by atoms with Gasteiger partial charge in [-0.2, -0.15) is 18.2 Å². The highest BCUT2D eigenvalue weighted by atomic mass is 35.5. The Balaban J connectivity index is 1.49. The second kappa shape index (κ2) is 8.29. The summed E-state index contributed by atoms with van der Waals surface area (Å²) in [5.74, 6) is -0.960. The molecule has 3 rings (SSSR count). The first-order valence-electron chi connectivity index (χ1n) is 8.76. The molecule has 1 aromatic carbocycles. The molecule has 2 unspecified atom stereocenters. The van der Waals surface area contributed by atoms with Crippen LogP contribution in [-0.4, -0.2) is 28.3 Å². The van der Waals surface area contributed by atoms with Gasteiger partial charge >= 0.3 is 6.18 Å². The van der Waals surface area contributed by atoms with E-state index in [2.05, 4.69) is 15.5 Å². The number of carbonyl (C=O) groups is 1. The number of carbonyl (C=O) groups excluding carboxylic acids is 1. The highest BCUT2D eigenvalue weighted by Gasteiger charge is 2.42. The first-order valence-corrected chi connectivity index (χ1v) is 9.13. The van der Waals surface area contributed by atoms with Gasteiger partial charge in [0.1, 0.15) is 0 Å². The molecule has 0 aliphatic heterocycles. The van der Waals surface area contributed by atoms with E-state index in [9.17, 15) is 18.0 Å².